The van der Waals surface area contributed by atoms with Gasteiger partial charge in [-0.25, -0.2) is 32.0 Å². The number of anilines is 4. The molecular formula is C29H36F2N8O3S. The van der Waals surface area contributed by atoms with Crippen LogP contribution in [0, 0.1) is 11.6 Å². The van der Waals surface area contributed by atoms with Gasteiger partial charge >= 0.3 is 6.03 Å². The van der Waals surface area contributed by atoms with Crippen LogP contribution < -0.4 is 19.8 Å². The summed E-state index contributed by atoms with van der Waals surface area (Å²) in [6, 6.07) is 6.10. The molecule has 230 valence electrons. The summed E-state index contributed by atoms with van der Waals surface area (Å²) in [5, 5.41) is 3.43. The van der Waals surface area contributed by atoms with Crippen molar-refractivity contribution in [2.45, 2.75) is 70.0 Å². The van der Waals surface area contributed by atoms with Crippen LogP contribution in [0.25, 0.3) is 0 Å². The Kier molecular flexibility index (Phi) is 8.79. The van der Waals surface area contributed by atoms with Gasteiger partial charge in [0.25, 0.3) is 0 Å². The Morgan fingerprint density at radius 2 is 1.74 bits per heavy atom. The molecule has 14 heteroatoms. The van der Waals surface area contributed by atoms with Crippen LogP contribution in [0.3, 0.4) is 0 Å². The maximum Gasteiger partial charge on any atom is 0.331 e. The lowest BCUT2D eigenvalue weighted by atomic mass is 9.91. The first kappa shape index (κ1) is 30.5. The zero-order valence-electron chi connectivity index (χ0n) is 24.6. The highest BCUT2D eigenvalue weighted by atomic mass is 32.2. The molecule has 5 rings (SSSR count). The maximum absolute atomic E-state index is 15.1. The highest BCUT2D eigenvalue weighted by molar-refractivity contribution is 7.91. The molecule has 3 aromatic rings. The molecule has 1 aliphatic heterocycles. The third kappa shape index (κ3) is 7.02. The van der Waals surface area contributed by atoms with E-state index in [1.807, 2.05) is 13.8 Å². The van der Waals surface area contributed by atoms with Gasteiger partial charge in [0.05, 0.1) is 18.5 Å². The molecule has 0 unspecified atom stereocenters. The van der Waals surface area contributed by atoms with Crippen molar-refractivity contribution in [1.82, 2.24) is 19.9 Å². The Hall–Kier alpha value is -3.91. The van der Waals surface area contributed by atoms with E-state index in [1.54, 1.807) is 6.20 Å². The van der Waals surface area contributed by atoms with Crippen molar-refractivity contribution in [3.63, 3.8) is 0 Å². The zero-order chi connectivity index (χ0) is 30.9. The van der Waals surface area contributed by atoms with Crippen LogP contribution in [0.5, 0.6) is 0 Å². The van der Waals surface area contributed by atoms with E-state index >= 15 is 4.39 Å². The highest BCUT2D eigenvalue weighted by Crippen LogP contribution is 2.33. The quantitative estimate of drug-likeness (QED) is 0.355. The van der Waals surface area contributed by atoms with Crippen molar-refractivity contribution in [2.24, 2.45) is 0 Å². The lowest BCUT2D eigenvalue weighted by Crippen LogP contribution is -2.51. The number of pyridine rings is 1. The fourth-order valence-corrected chi connectivity index (χ4v) is 6.65. The van der Waals surface area contributed by atoms with Gasteiger partial charge in [-0.1, -0.05) is 12.1 Å². The number of hydrogen-bond acceptors (Lipinski definition) is 8. The Bertz CT molecular complexity index is 1580. The van der Waals surface area contributed by atoms with Crippen LogP contribution in [0.4, 0.5) is 36.8 Å². The second-order valence-electron chi connectivity index (χ2n) is 11.5. The van der Waals surface area contributed by atoms with Crippen LogP contribution >= 0.6 is 0 Å². The van der Waals surface area contributed by atoms with Crippen molar-refractivity contribution in [3.8, 4) is 0 Å². The molecule has 11 nitrogen and oxygen atoms in total. The predicted molar refractivity (Wildman–Crippen MR) is 161 cm³/mol. The van der Waals surface area contributed by atoms with Crippen molar-refractivity contribution in [2.75, 3.05) is 33.9 Å². The highest BCUT2D eigenvalue weighted by Gasteiger charge is 2.36. The number of carbonyl (C=O) groups excluding carboxylic acids is 1. The Balaban J connectivity index is 1.32. The van der Waals surface area contributed by atoms with E-state index in [1.165, 1.54) is 21.9 Å². The number of sulfonamides is 1. The van der Waals surface area contributed by atoms with E-state index in [9.17, 15) is 17.6 Å². The molecule has 1 saturated carbocycles. The summed E-state index contributed by atoms with van der Waals surface area (Å²) in [4.78, 5) is 32.2. The summed E-state index contributed by atoms with van der Waals surface area (Å²) < 4.78 is 55.7. The van der Waals surface area contributed by atoms with Gasteiger partial charge in [-0.05, 0) is 71.3 Å². The molecule has 0 saturated heterocycles. The van der Waals surface area contributed by atoms with E-state index in [4.69, 9.17) is 4.98 Å². The van der Waals surface area contributed by atoms with E-state index in [0.717, 1.165) is 50.1 Å². The normalized spacial score (nSPS) is 19.1. The van der Waals surface area contributed by atoms with Crippen LogP contribution in [0.2, 0.25) is 0 Å². The van der Waals surface area contributed by atoms with E-state index in [0.29, 0.717) is 28.9 Å². The van der Waals surface area contributed by atoms with Crippen LogP contribution in [0.1, 0.15) is 50.7 Å². The molecule has 3 heterocycles. The summed E-state index contributed by atoms with van der Waals surface area (Å²) in [5.74, 6) is -0.913. The first-order valence-electron chi connectivity index (χ1n) is 14.2. The third-order valence-corrected chi connectivity index (χ3v) is 9.01. The minimum atomic E-state index is -4.02. The molecule has 0 radical (unpaired) electrons. The minimum Gasteiger partial charge on any atom is -0.351 e. The van der Waals surface area contributed by atoms with Gasteiger partial charge in [0.15, 0.2) is 5.82 Å². The maximum atomic E-state index is 15.1. The van der Waals surface area contributed by atoms with E-state index in [-0.39, 0.29) is 30.1 Å². The number of halogens is 2. The Labute approximate surface area is 250 Å². The summed E-state index contributed by atoms with van der Waals surface area (Å²) >= 11 is 0. The third-order valence-electron chi connectivity index (χ3n) is 7.76. The molecule has 2 aliphatic rings. The van der Waals surface area contributed by atoms with E-state index < -0.39 is 33.4 Å². The zero-order valence-corrected chi connectivity index (χ0v) is 25.4. The SMILES string of the molecule is CC(C)N1C(=O)N(c2cc(F)c(NS(=O)(=O)Cc3ccc(F)cc3)cn2)Cc2cnc(NC3CCC(N(C)C)CC3)nc21. The minimum absolute atomic E-state index is 0.0140. The number of aromatic nitrogens is 3. The average Bonchev–Trinajstić information content (AvgIpc) is 2.95. The molecule has 1 aromatic carbocycles. The smallest absolute Gasteiger partial charge is 0.331 e. The Morgan fingerprint density at radius 1 is 1.05 bits per heavy atom. The number of fused-ring (bicyclic) bond motifs is 1. The molecule has 0 bridgehead atoms. The van der Waals surface area contributed by atoms with E-state index in [2.05, 4.69) is 39.0 Å². The first-order chi connectivity index (χ1) is 20.4. The Morgan fingerprint density at radius 3 is 2.37 bits per heavy atom. The summed E-state index contributed by atoms with van der Waals surface area (Å²) in [6.45, 7) is 3.78. The average molecular weight is 615 g/mol. The number of urea groups is 1. The second kappa shape index (κ2) is 12.4. The number of nitrogens with one attached hydrogen (secondary N) is 2. The first-order valence-corrected chi connectivity index (χ1v) is 15.9. The number of amides is 2. The van der Waals surface area contributed by atoms with Gasteiger partial charge in [0, 0.05) is 36.0 Å². The molecule has 2 N–H and O–H groups in total. The number of carbonyl (C=O) groups is 1. The number of hydrogen-bond donors (Lipinski definition) is 2. The van der Waals surface area contributed by atoms with Gasteiger partial charge in [-0.15, -0.1) is 0 Å². The molecule has 43 heavy (non-hydrogen) atoms. The largest absolute Gasteiger partial charge is 0.351 e. The summed E-state index contributed by atoms with van der Waals surface area (Å²) in [5.41, 5.74) is 0.638. The predicted octanol–water partition coefficient (Wildman–Crippen LogP) is 4.73. The van der Waals surface area contributed by atoms with Gasteiger partial charge < -0.3 is 10.2 Å². The van der Waals surface area contributed by atoms with Gasteiger partial charge in [-0.3, -0.25) is 14.5 Å². The number of benzene rings is 1. The summed E-state index contributed by atoms with van der Waals surface area (Å²) in [7, 11) is 0.182. The lowest BCUT2D eigenvalue weighted by molar-refractivity contribution is 0.221. The van der Waals surface area contributed by atoms with Crippen molar-refractivity contribution in [1.29, 1.82) is 0 Å². The topological polar surface area (TPSA) is 124 Å². The fourth-order valence-electron chi connectivity index (χ4n) is 5.46. The van der Waals surface area contributed by atoms with Crippen LogP contribution in [0.15, 0.2) is 42.7 Å². The molecule has 0 spiro atoms. The standard InChI is InChI=1S/C29H36F2N8O3S/c1-18(2)39-27-20(14-33-28(35-27)34-22-9-11-23(12-10-22)37(3)4)16-38(29(39)40)26-13-24(31)25(15-32-26)36-43(41,42)17-19-5-7-21(30)8-6-19/h5-8,13-15,18,22-23,36H,9-12,16-17H2,1-4H3,(H,33,34,35). The number of nitrogens with zero attached hydrogens (tertiary/aromatic N) is 6. The molecule has 1 fully saturated rings. The fraction of sp³-hybridized carbons (Fsp3) is 0.448. The van der Waals surface area contributed by atoms with Gasteiger partial charge in [-0.2, -0.15) is 4.98 Å². The second-order valence-corrected chi connectivity index (χ2v) is 13.2. The lowest BCUT2D eigenvalue weighted by Gasteiger charge is -2.38. The number of rotatable bonds is 9. The van der Waals surface area contributed by atoms with Crippen LogP contribution in [-0.4, -0.2) is 66.5 Å². The van der Waals surface area contributed by atoms with Gasteiger partial charge in [0.2, 0.25) is 16.0 Å². The molecule has 1 aliphatic carbocycles. The molecule has 2 aromatic heterocycles. The molecule has 0 atom stereocenters. The molecule has 2 amide bonds. The molecular weight excluding hydrogens is 578 g/mol. The van der Waals surface area contributed by atoms with Crippen molar-refractivity contribution >= 4 is 39.3 Å². The summed E-state index contributed by atoms with van der Waals surface area (Å²) in [6.07, 6.45) is 6.86. The van der Waals surface area contributed by atoms with Crippen molar-refractivity contribution in [3.05, 3.63) is 65.5 Å². The van der Waals surface area contributed by atoms with Gasteiger partial charge in [0.1, 0.15) is 23.1 Å². The van der Waals surface area contributed by atoms with Crippen LogP contribution in [-0.2, 0) is 22.3 Å². The monoisotopic (exact) mass is 614 g/mol. The van der Waals surface area contributed by atoms with Crippen molar-refractivity contribution < 1.29 is 22.0 Å².